The molecule has 0 saturated heterocycles. The largest absolute Gasteiger partial charge is 0.489 e. The van der Waals surface area contributed by atoms with Crippen LogP contribution in [0.3, 0.4) is 0 Å². The lowest BCUT2D eigenvalue weighted by Crippen LogP contribution is -2.36. The van der Waals surface area contributed by atoms with E-state index in [9.17, 15) is 23.2 Å². The predicted octanol–water partition coefficient (Wildman–Crippen LogP) is 1.92. The summed E-state index contributed by atoms with van der Waals surface area (Å²) in [6, 6.07) is 1.60. The molecule has 0 spiro atoms. The Hall–Kier alpha value is -0.375. The van der Waals surface area contributed by atoms with Gasteiger partial charge in [0.15, 0.2) is 0 Å². The molecule has 1 heterocycles. The number of nitrogens with zero attached hydrogens (tertiary/aromatic N) is 2. The summed E-state index contributed by atoms with van der Waals surface area (Å²) in [6.45, 7) is 1.53. The van der Waals surface area contributed by atoms with Crippen LogP contribution in [0.15, 0.2) is 12.3 Å². The molecule has 1 unspecified atom stereocenters. The van der Waals surface area contributed by atoms with Gasteiger partial charge in [0.2, 0.25) is 0 Å². The summed E-state index contributed by atoms with van der Waals surface area (Å²) in [7, 11) is -1.97. The third kappa shape index (κ3) is 3.10. The van der Waals surface area contributed by atoms with E-state index in [-0.39, 0.29) is 17.4 Å². The third-order valence-corrected chi connectivity index (χ3v) is 4.85. The summed E-state index contributed by atoms with van der Waals surface area (Å²) >= 11 is 2.09. The predicted molar refractivity (Wildman–Crippen MR) is 81.8 cm³/mol. The average molecular weight is 416 g/mol. The number of fused-ring (bicyclic) bond motifs is 1. The van der Waals surface area contributed by atoms with Gasteiger partial charge in [-0.15, -0.1) is 0 Å². The summed E-state index contributed by atoms with van der Waals surface area (Å²) in [5.74, 6) is 0. The molecule has 0 radical (unpaired) electrons. The van der Waals surface area contributed by atoms with Crippen LogP contribution in [0.4, 0.5) is 13.2 Å². The second-order valence-corrected chi connectivity index (χ2v) is 6.36. The highest BCUT2D eigenvalue weighted by atomic mass is 127. The third-order valence-electron chi connectivity index (χ3n) is 2.97. The van der Waals surface area contributed by atoms with Crippen LogP contribution < -0.4 is 5.46 Å². The van der Waals surface area contributed by atoms with Crippen molar-refractivity contribution in [2.75, 3.05) is 0 Å². The summed E-state index contributed by atoms with van der Waals surface area (Å²) < 4.78 is 39.6. The van der Waals surface area contributed by atoms with Crippen molar-refractivity contribution in [3.63, 3.8) is 0 Å². The second kappa shape index (κ2) is 5.78. The van der Waals surface area contributed by atoms with E-state index >= 15 is 0 Å². The van der Waals surface area contributed by atoms with Gasteiger partial charge in [0, 0.05) is 5.39 Å². The minimum atomic E-state index is -4.41. The fourth-order valence-corrected chi connectivity index (χ4v) is 3.70. The zero-order valence-corrected chi connectivity index (χ0v) is 13.4. The highest BCUT2D eigenvalue weighted by Gasteiger charge is 2.33. The van der Waals surface area contributed by atoms with E-state index in [0.29, 0.717) is 16.5 Å². The maximum atomic E-state index is 12.7. The van der Waals surface area contributed by atoms with E-state index in [0.717, 1.165) is 0 Å². The SMILES string of the molecule is Cc1cc2c(cnn2PI)c(B(O)O)c1CC(F)(F)F. The Kier molecular flexibility index (Phi) is 4.63. The number of aromatic nitrogens is 2. The molecule has 20 heavy (non-hydrogen) atoms. The van der Waals surface area contributed by atoms with Crippen LogP contribution in [-0.2, 0) is 6.42 Å². The normalized spacial score (nSPS) is 12.8. The van der Waals surface area contributed by atoms with E-state index < -0.39 is 19.7 Å². The lowest BCUT2D eigenvalue weighted by Gasteiger charge is -2.16. The van der Waals surface area contributed by atoms with Gasteiger partial charge in [-0.05, 0) is 51.6 Å². The molecule has 2 N–H and O–H groups in total. The fraction of sp³-hybridized carbons (Fsp3) is 0.300. The van der Waals surface area contributed by atoms with Crippen LogP contribution in [-0.4, -0.2) is 32.9 Å². The standard InChI is InChI=1S/C10H10BF3IN2O2P/c1-5-2-8-7(4-16-17(8)20-15)9(11(18)19)6(5)3-10(12,13)14/h2,4,18-20H,3H2,1H3. The molecule has 0 aliphatic heterocycles. The fourth-order valence-electron chi connectivity index (χ4n) is 2.17. The summed E-state index contributed by atoms with van der Waals surface area (Å²) in [5.41, 5.74) is 0.758. The first-order valence-electron chi connectivity index (χ1n) is 5.54. The van der Waals surface area contributed by atoms with Crippen LogP contribution in [0, 0.1) is 6.92 Å². The maximum Gasteiger partial charge on any atom is 0.489 e. The number of alkyl halides is 3. The molecule has 2 rings (SSSR count). The minimum absolute atomic E-state index is 0.101. The molecule has 0 aliphatic rings. The Balaban J connectivity index is 2.74. The van der Waals surface area contributed by atoms with Crippen LogP contribution in [0.1, 0.15) is 11.1 Å². The first kappa shape index (κ1) is 16.0. The van der Waals surface area contributed by atoms with Crippen LogP contribution >= 0.6 is 28.4 Å². The first-order chi connectivity index (χ1) is 9.24. The summed E-state index contributed by atoms with van der Waals surface area (Å²) in [5, 5.41) is 23.3. The van der Waals surface area contributed by atoms with Crippen LogP contribution in [0.5, 0.6) is 0 Å². The zero-order valence-electron chi connectivity index (χ0n) is 10.2. The number of benzene rings is 1. The zero-order chi connectivity index (χ0) is 15.1. The highest BCUT2D eigenvalue weighted by Crippen LogP contribution is 2.31. The van der Waals surface area contributed by atoms with Crippen molar-refractivity contribution in [1.29, 1.82) is 0 Å². The van der Waals surface area contributed by atoms with Gasteiger partial charge in [-0.3, -0.25) is 0 Å². The van der Waals surface area contributed by atoms with Crippen molar-refractivity contribution in [2.24, 2.45) is 0 Å². The molecule has 0 aliphatic carbocycles. The number of halogens is 4. The number of rotatable bonds is 3. The number of hydrogen-bond donors (Lipinski definition) is 2. The van der Waals surface area contributed by atoms with Gasteiger partial charge in [0.05, 0.1) is 24.5 Å². The van der Waals surface area contributed by atoms with Gasteiger partial charge < -0.3 is 10.0 Å². The van der Waals surface area contributed by atoms with E-state index in [4.69, 9.17) is 0 Å². The van der Waals surface area contributed by atoms with Crippen molar-refractivity contribution >= 4 is 51.9 Å². The molecule has 4 nitrogen and oxygen atoms in total. The Morgan fingerprint density at radius 3 is 2.60 bits per heavy atom. The Bertz CT molecular complexity index is 647. The van der Waals surface area contributed by atoms with Gasteiger partial charge in [0.1, 0.15) is 0 Å². The molecule has 2 aromatic rings. The van der Waals surface area contributed by atoms with E-state index in [1.54, 1.807) is 10.5 Å². The highest BCUT2D eigenvalue weighted by molar-refractivity contribution is 14.2. The van der Waals surface area contributed by atoms with Crippen LogP contribution in [0.2, 0.25) is 0 Å². The van der Waals surface area contributed by atoms with Crippen molar-refractivity contribution in [1.82, 2.24) is 9.55 Å². The van der Waals surface area contributed by atoms with Gasteiger partial charge in [-0.25, -0.2) is 4.45 Å². The Morgan fingerprint density at radius 2 is 2.10 bits per heavy atom. The van der Waals surface area contributed by atoms with E-state index in [2.05, 4.69) is 27.1 Å². The molecule has 0 amide bonds. The molecule has 1 atom stereocenters. The van der Waals surface area contributed by atoms with Crippen molar-refractivity contribution in [3.8, 4) is 0 Å². The molecule has 108 valence electrons. The second-order valence-electron chi connectivity index (χ2n) is 4.33. The Labute approximate surface area is 127 Å². The van der Waals surface area contributed by atoms with E-state index in [1.807, 2.05) is 0 Å². The molecule has 0 saturated carbocycles. The molecule has 1 aromatic heterocycles. The molecular weight excluding hydrogens is 406 g/mol. The molecule has 1 aromatic carbocycles. The van der Waals surface area contributed by atoms with Gasteiger partial charge in [-0.1, -0.05) is 0 Å². The smallest absolute Gasteiger partial charge is 0.423 e. The summed E-state index contributed by atoms with van der Waals surface area (Å²) in [6.07, 6.45) is -3.97. The monoisotopic (exact) mass is 416 g/mol. The summed E-state index contributed by atoms with van der Waals surface area (Å²) in [4.78, 5) is 0. The van der Waals surface area contributed by atoms with Crippen molar-refractivity contribution in [3.05, 3.63) is 23.4 Å². The number of aryl methyl sites for hydroxylation is 1. The van der Waals surface area contributed by atoms with E-state index in [1.165, 1.54) is 13.1 Å². The molecule has 0 bridgehead atoms. The van der Waals surface area contributed by atoms with Crippen molar-refractivity contribution in [2.45, 2.75) is 19.5 Å². The Morgan fingerprint density at radius 1 is 1.45 bits per heavy atom. The van der Waals surface area contributed by atoms with Gasteiger partial charge in [-0.2, -0.15) is 18.3 Å². The van der Waals surface area contributed by atoms with Crippen molar-refractivity contribution < 1.29 is 23.2 Å². The van der Waals surface area contributed by atoms with Crippen LogP contribution in [0.25, 0.3) is 10.9 Å². The minimum Gasteiger partial charge on any atom is -0.423 e. The number of hydrogen-bond acceptors (Lipinski definition) is 3. The maximum absolute atomic E-state index is 12.7. The topological polar surface area (TPSA) is 58.3 Å². The van der Waals surface area contributed by atoms with Gasteiger partial charge >= 0.3 is 13.3 Å². The lowest BCUT2D eigenvalue weighted by molar-refractivity contribution is -0.127. The lowest BCUT2D eigenvalue weighted by atomic mass is 9.73. The first-order valence-corrected chi connectivity index (χ1v) is 9.60. The quantitative estimate of drug-likeness (QED) is 0.457. The molecular formula is C10H10BF3IN2O2P. The molecule has 0 fully saturated rings. The van der Waals surface area contributed by atoms with Gasteiger partial charge in [0.25, 0.3) is 0 Å². The average Bonchev–Trinajstić information content (AvgIpc) is 2.69. The molecule has 10 heteroatoms.